The van der Waals surface area contributed by atoms with Gasteiger partial charge < -0.3 is 13.6 Å². The van der Waals surface area contributed by atoms with E-state index < -0.39 is 0 Å². The van der Waals surface area contributed by atoms with E-state index in [1.165, 1.54) is 66.0 Å². The molecule has 0 radical (unpaired) electrons. The van der Waals surface area contributed by atoms with Crippen molar-refractivity contribution in [1.82, 2.24) is 9.13 Å². The van der Waals surface area contributed by atoms with Gasteiger partial charge in [0.2, 0.25) is 0 Å². The Morgan fingerprint density at radius 1 is 0.246 bits per heavy atom. The minimum Gasteiger partial charge on any atom is -0.456 e. The first-order valence-electron chi connectivity index (χ1n) is 19.5. The fourth-order valence-electron chi connectivity index (χ4n) is 9.01. The van der Waals surface area contributed by atoms with E-state index in [0.717, 1.165) is 44.3 Å². The molecule has 0 aliphatic carbocycles. The number of aromatic nitrogens is 2. The quantitative estimate of drug-likeness (QED) is 0.173. The van der Waals surface area contributed by atoms with E-state index in [2.05, 4.69) is 215 Å². The molecule has 3 heteroatoms. The van der Waals surface area contributed by atoms with Crippen molar-refractivity contribution in [3.05, 3.63) is 206 Å². The van der Waals surface area contributed by atoms with Gasteiger partial charge in [0.15, 0.2) is 0 Å². The van der Waals surface area contributed by atoms with Crippen LogP contribution in [0.4, 0.5) is 0 Å². The third-order valence-corrected chi connectivity index (χ3v) is 11.7. The van der Waals surface area contributed by atoms with Crippen LogP contribution in [-0.2, 0) is 0 Å². The first-order chi connectivity index (χ1) is 28.2. The average molecular weight is 727 g/mol. The van der Waals surface area contributed by atoms with Crippen LogP contribution < -0.4 is 0 Å². The molecule has 3 heterocycles. The number of para-hydroxylation sites is 4. The molecule has 0 aliphatic rings. The molecule has 0 saturated heterocycles. The number of fused-ring (bicyclic) bond motifs is 9. The van der Waals surface area contributed by atoms with Gasteiger partial charge in [-0.1, -0.05) is 121 Å². The second kappa shape index (κ2) is 12.5. The maximum Gasteiger partial charge on any atom is 0.136 e. The van der Waals surface area contributed by atoms with Crippen LogP contribution in [0.5, 0.6) is 0 Å². The summed E-state index contributed by atoms with van der Waals surface area (Å²) in [7, 11) is 0. The van der Waals surface area contributed by atoms with Gasteiger partial charge in [-0.15, -0.1) is 0 Å². The second-order valence-electron chi connectivity index (χ2n) is 14.9. The van der Waals surface area contributed by atoms with Gasteiger partial charge in [-0.05, 0) is 118 Å². The minimum atomic E-state index is 0.894. The maximum absolute atomic E-state index is 6.59. The lowest BCUT2D eigenvalue weighted by Gasteiger charge is -2.08. The molecule has 0 amide bonds. The topological polar surface area (TPSA) is 23.0 Å². The Kier molecular flexibility index (Phi) is 6.93. The molecule has 9 aromatic carbocycles. The summed E-state index contributed by atoms with van der Waals surface area (Å²) in [6.45, 7) is 0. The summed E-state index contributed by atoms with van der Waals surface area (Å²) >= 11 is 0. The fourth-order valence-corrected chi connectivity index (χ4v) is 9.01. The molecule has 0 atom stereocenters. The highest BCUT2D eigenvalue weighted by Gasteiger charge is 2.16. The molecular formula is C54H34N2O. The molecule has 12 rings (SSSR count). The smallest absolute Gasteiger partial charge is 0.136 e. The standard InChI is InChI=1S/C54H34N2O/c1-3-11-41(12-4-1)55-49-17-9-7-15-43(49)47-31-37(25-29-51(47)55)35-19-21-36(22-20-35)39-23-27-45-46-28-24-40(34-54(46)57-53(45)33-39)38-26-30-52-48(32-38)44-16-8-10-18-50(44)56(52)42-13-5-2-6-14-42/h1-34H. The summed E-state index contributed by atoms with van der Waals surface area (Å²) in [6, 6.07) is 74.3. The van der Waals surface area contributed by atoms with Crippen molar-refractivity contribution in [2.45, 2.75) is 0 Å². The Morgan fingerprint density at radius 3 is 1.09 bits per heavy atom. The number of nitrogens with zero attached hydrogens (tertiary/aromatic N) is 2. The van der Waals surface area contributed by atoms with Crippen LogP contribution >= 0.6 is 0 Å². The Bertz CT molecular complexity index is 3490. The van der Waals surface area contributed by atoms with Crippen molar-refractivity contribution in [3.63, 3.8) is 0 Å². The Morgan fingerprint density at radius 2 is 0.596 bits per heavy atom. The van der Waals surface area contributed by atoms with Crippen LogP contribution in [0.1, 0.15) is 0 Å². The molecule has 0 bridgehead atoms. The molecule has 0 unspecified atom stereocenters. The van der Waals surface area contributed by atoms with Gasteiger partial charge in [-0.25, -0.2) is 0 Å². The Hall–Kier alpha value is -7.62. The molecule has 0 spiro atoms. The maximum atomic E-state index is 6.59. The highest BCUT2D eigenvalue weighted by Crippen LogP contribution is 2.39. The lowest BCUT2D eigenvalue weighted by molar-refractivity contribution is 0.669. The van der Waals surface area contributed by atoms with E-state index in [9.17, 15) is 0 Å². The lowest BCUT2D eigenvalue weighted by atomic mass is 9.98. The molecule has 0 fully saturated rings. The predicted molar refractivity (Wildman–Crippen MR) is 239 cm³/mol. The number of hydrogen-bond donors (Lipinski definition) is 0. The first-order valence-corrected chi connectivity index (χ1v) is 19.5. The molecule has 0 aliphatic heterocycles. The van der Waals surface area contributed by atoms with Crippen molar-refractivity contribution in [1.29, 1.82) is 0 Å². The van der Waals surface area contributed by atoms with Crippen molar-refractivity contribution in [3.8, 4) is 44.8 Å². The predicted octanol–water partition coefficient (Wildman–Crippen LogP) is 14.8. The zero-order valence-electron chi connectivity index (χ0n) is 30.9. The summed E-state index contributed by atoms with van der Waals surface area (Å²) in [6.07, 6.45) is 0. The number of benzene rings is 9. The molecule has 3 aromatic heterocycles. The van der Waals surface area contributed by atoms with Crippen LogP contribution in [0, 0.1) is 0 Å². The van der Waals surface area contributed by atoms with Crippen LogP contribution in [-0.4, -0.2) is 9.13 Å². The number of furan rings is 1. The third kappa shape index (κ3) is 4.99. The summed E-state index contributed by atoms with van der Waals surface area (Å²) in [5.74, 6) is 0. The van der Waals surface area contributed by atoms with Crippen LogP contribution in [0.25, 0.3) is 110 Å². The van der Waals surface area contributed by atoms with Crippen molar-refractivity contribution in [2.24, 2.45) is 0 Å². The van der Waals surface area contributed by atoms with Crippen LogP contribution in [0.3, 0.4) is 0 Å². The van der Waals surface area contributed by atoms with Gasteiger partial charge in [-0.2, -0.15) is 0 Å². The molecule has 57 heavy (non-hydrogen) atoms. The second-order valence-corrected chi connectivity index (χ2v) is 14.9. The zero-order valence-corrected chi connectivity index (χ0v) is 30.9. The van der Waals surface area contributed by atoms with Gasteiger partial charge in [0.1, 0.15) is 11.2 Å². The lowest BCUT2D eigenvalue weighted by Crippen LogP contribution is -1.92. The molecular weight excluding hydrogens is 693 g/mol. The fraction of sp³-hybridized carbons (Fsp3) is 0. The van der Waals surface area contributed by atoms with Crippen LogP contribution in [0.15, 0.2) is 211 Å². The third-order valence-electron chi connectivity index (χ3n) is 11.7. The summed E-state index contributed by atoms with van der Waals surface area (Å²) in [5.41, 5.74) is 16.0. The highest BCUT2D eigenvalue weighted by molar-refractivity contribution is 6.12. The van der Waals surface area contributed by atoms with Gasteiger partial charge in [0.05, 0.1) is 22.1 Å². The molecule has 12 aromatic rings. The summed E-state index contributed by atoms with van der Waals surface area (Å²) < 4.78 is 11.3. The zero-order chi connectivity index (χ0) is 37.5. The summed E-state index contributed by atoms with van der Waals surface area (Å²) in [5, 5.41) is 7.25. The number of rotatable bonds is 5. The molecule has 0 saturated carbocycles. The summed E-state index contributed by atoms with van der Waals surface area (Å²) in [4.78, 5) is 0. The highest BCUT2D eigenvalue weighted by atomic mass is 16.3. The monoisotopic (exact) mass is 726 g/mol. The van der Waals surface area contributed by atoms with Gasteiger partial charge in [0, 0.05) is 43.7 Å². The van der Waals surface area contributed by atoms with E-state index in [4.69, 9.17) is 4.42 Å². The first kappa shape index (κ1) is 31.7. The average Bonchev–Trinajstić information content (AvgIpc) is 3.93. The normalized spacial score (nSPS) is 11.9. The molecule has 266 valence electrons. The number of hydrogen-bond acceptors (Lipinski definition) is 1. The van der Waals surface area contributed by atoms with Gasteiger partial charge in [-0.3, -0.25) is 0 Å². The van der Waals surface area contributed by atoms with Crippen molar-refractivity contribution in [2.75, 3.05) is 0 Å². The molecule has 3 nitrogen and oxygen atoms in total. The Labute approximate surface area is 328 Å². The van der Waals surface area contributed by atoms with Crippen molar-refractivity contribution < 1.29 is 4.42 Å². The van der Waals surface area contributed by atoms with Crippen LogP contribution in [0.2, 0.25) is 0 Å². The van der Waals surface area contributed by atoms with E-state index in [1.807, 2.05) is 0 Å². The van der Waals surface area contributed by atoms with E-state index in [-0.39, 0.29) is 0 Å². The van der Waals surface area contributed by atoms with Crippen molar-refractivity contribution >= 4 is 65.6 Å². The van der Waals surface area contributed by atoms with Gasteiger partial charge in [0.25, 0.3) is 0 Å². The van der Waals surface area contributed by atoms with E-state index >= 15 is 0 Å². The Balaban J connectivity index is 0.877. The van der Waals surface area contributed by atoms with E-state index in [0.29, 0.717) is 0 Å². The SMILES string of the molecule is c1ccc(-n2c3ccccc3c3cc(-c4ccc(-c5ccc6c(c5)oc5cc(-c7ccc8c(c7)c7ccccc7n8-c7ccccc7)ccc56)cc4)ccc32)cc1. The molecule has 0 N–H and O–H groups in total. The largest absolute Gasteiger partial charge is 0.456 e. The van der Waals surface area contributed by atoms with E-state index in [1.54, 1.807) is 0 Å². The minimum absolute atomic E-state index is 0.894. The van der Waals surface area contributed by atoms with Gasteiger partial charge >= 0.3 is 0 Å².